The van der Waals surface area contributed by atoms with Crippen molar-refractivity contribution in [2.75, 3.05) is 18.4 Å². The van der Waals surface area contributed by atoms with Crippen molar-refractivity contribution in [1.82, 2.24) is 9.29 Å². The van der Waals surface area contributed by atoms with E-state index >= 15 is 0 Å². The normalized spacial score (nSPS) is 17.4. The van der Waals surface area contributed by atoms with Crippen LogP contribution < -0.4 is 5.32 Å². The predicted molar refractivity (Wildman–Crippen MR) is 93.7 cm³/mol. The second kappa shape index (κ2) is 7.16. The fourth-order valence-electron chi connectivity index (χ4n) is 2.75. The second-order valence-corrected chi connectivity index (χ2v) is 9.13. The van der Waals surface area contributed by atoms with Gasteiger partial charge < -0.3 is 5.32 Å². The van der Waals surface area contributed by atoms with Crippen molar-refractivity contribution < 1.29 is 21.6 Å². The Morgan fingerprint density at radius 3 is 2.35 bits per heavy atom. The van der Waals surface area contributed by atoms with E-state index < -0.39 is 21.1 Å². The molecule has 0 aliphatic carbocycles. The van der Waals surface area contributed by atoms with E-state index in [-0.39, 0.29) is 16.1 Å². The van der Waals surface area contributed by atoms with Crippen LogP contribution in [0.3, 0.4) is 0 Å². The maximum atomic E-state index is 12.6. The van der Waals surface area contributed by atoms with Gasteiger partial charge in [-0.05, 0) is 31.9 Å². The van der Waals surface area contributed by atoms with E-state index in [1.54, 1.807) is 24.3 Å². The summed E-state index contributed by atoms with van der Waals surface area (Å²) in [7, 11) is -3.55. The van der Waals surface area contributed by atoms with Crippen LogP contribution >= 0.6 is 11.3 Å². The first-order valence-electron chi connectivity index (χ1n) is 8.02. The molecule has 2 heterocycles. The number of benzene rings is 1. The fourth-order valence-corrected chi connectivity index (χ4v) is 4.98. The topological polar surface area (TPSA) is 62.3 Å². The van der Waals surface area contributed by atoms with Gasteiger partial charge in [0.1, 0.15) is 4.88 Å². The Kier molecular flexibility index (Phi) is 5.27. The van der Waals surface area contributed by atoms with Gasteiger partial charge in [0.05, 0.1) is 11.1 Å². The van der Waals surface area contributed by atoms with Crippen LogP contribution in [0.2, 0.25) is 0 Å². The molecule has 0 radical (unpaired) electrons. The first-order valence-corrected chi connectivity index (χ1v) is 10.3. The molecule has 1 saturated heterocycles. The minimum atomic E-state index is -4.40. The van der Waals surface area contributed by atoms with E-state index in [0.29, 0.717) is 37.3 Å². The van der Waals surface area contributed by atoms with Gasteiger partial charge in [0.25, 0.3) is 0 Å². The lowest BCUT2D eigenvalue weighted by Crippen LogP contribution is -2.42. The van der Waals surface area contributed by atoms with Crippen LogP contribution in [0, 0.1) is 6.92 Å². The molecule has 0 unspecified atom stereocenters. The first-order chi connectivity index (χ1) is 12.2. The number of piperidine rings is 1. The number of aromatic nitrogens is 1. The van der Waals surface area contributed by atoms with Crippen molar-refractivity contribution in [1.29, 1.82) is 0 Å². The number of alkyl halides is 3. The molecule has 1 aromatic heterocycles. The van der Waals surface area contributed by atoms with E-state index in [0.717, 1.165) is 11.8 Å². The summed E-state index contributed by atoms with van der Waals surface area (Å²) in [5, 5.41) is 3.18. The third-order valence-electron chi connectivity index (χ3n) is 4.23. The number of anilines is 1. The lowest BCUT2D eigenvalue weighted by molar-refractivity contribution is -0.134. The molecule has 1 aliphatic heterocycles. The molecule has 1 aromatic carbocycles. The van der Waals surface area contributed by atoms with Crippen LogP contribution in [-0.2, 0) is 16.2 Å². The zero-order valence-electron chi connectivity index (χ0n) is 14.0. The Labute approximate surface area is 153 Å². The fraction of sp³-hybridized carbons (Fsp3) is 0.438. The average molecular weight is 405 g/mol. The third kappa shape index (κ3) is 4.18. The van der Waals surface area contributed by atoms with E-state index in [4.69, 9.17) is 0 Å². The largest absolute Gasteiger partial charge is 0.427 e. The SMILES string of the molecule is Cc1ccc(S(=O)(=O)N2CCC(Nc3ncc(C(F)(F)F)s3)CC2)cc1. The van der Waals surface area contributed by atoms with Gasteiger partial charge in [0.15, 0.2) is 5.13 Å². The number of aryl methyl sites for hydroxylation is 1. The number of halogens is 3. The van der Waals surface area contributed by atoms with Gasteiger partial charge in [-0.1, -0.05) is 29.0 Å². The molecule has 0 amide bonds. The quantitative estimate of drug-likeness (QED) is 0.842. The summed E-state index contributed by atoms with van der Waals surface area (Å²) in [6.07, 6.45) is -2.58. The minimum Gasteiger partial charge on any atom is -0.359 e. The Morgan fingerprint density at radius 1 is 1.19 bits per heavy atom. The predicted octanol–water partition coefficient (Wildman–Crippen LogP) is 3.74. The molecule has 0 saturated carbocycles. The number of rotatable bonds is 4. The van der Waals surface area contributed by atoms with E-state index in [1.165, 1.54) is 4.31 Å². The molecule has 26 heavy (non-hydrogen) atoms. The summed E-state index contributed by atoms with van der Waals surface area (Å²) in [5.74, 6) is 0. The van der Waals surface area contributed by atoms with Crippen LogP contribution in [0.4, 0.5) is 18.3 Å². The Morgan fingerprint density at radius 2 is 1.81 bits per heavy atom. The molecule has 5 nitrogen and oxygen atoms in total. The molecule has 1 aliphatic rings. The molecule has 0 atom stereocenters. The molecule has 0 bridgehead atoms. The maximum Gasteiger partial charge on any atom is 0.427 e. The van der Waals surface area contributed by atoms with Gasteiger partial charge in [-0.2, -0.15) is 17.5 Å². The number of nitrogens with zero attached hydrogens (tertiary/aromatic N) is 2. The lowest BCUT2D eigenvalue weighted by Gasteiger charge is -2.31. The number of hydrogen-bond acceptors (Lipinski definition) is 5. The maximum absolute atomic E-state index is 12.6. The van der Waals surface area contributed by atoms with Crippen LogP contribution in [0.25, 0.3) is 0 Å². The lowest BCUT2D eigenvalue weighted by atomic mass is 10.1. The molecule has 142 valence electrons. The van der Waals surface area contributed by atoms with Crippen LogP contribution in [-0.4, -0.2) is 36.8 Å². The summed E-state index contributed by atoms with van der Waals surface area (Å²) < 4.78 is 64.6. The van der Waals surface area contributed by atoms with Gasteiger partial charge in [0.2, 0.25) is 10.0 Å². The molecular formula is C16H18F3N3O2S2. The summed E-state index contributed by atoms with van der Waals surface area (Å²) in [6, 6.07) is 6.57. The second-order valence-electron chi connectivity index (χ2n) is 6.16. The van der Waals surface area contributed by atoms with Crippen molar-refractivity contribution in [2.24, 2.45) is 0 Å². The van der Waals surface area contributed by atoms with Gasteiger partial charge in [0, 0.05) is 19.1 Å². The Bertz CT molecular complexity index is 856. The number of nitrogens with one attached hydrogen (secondary N) is 1. The highest BCUT2D eigenvalue weighted by Crippen LogP contribution is 2.35. The van der Waals surface area contributed by atoms with E-state index in [2.05, 4.69) is 10.3 Å². The number of hydrogen-bond donors (Lipinski definition) is 1. The zero-order chi connectivity index (χ0) is 18.9. The van der Waals surface area contributed by atoms with Crippen molar-refractivity contribution in [3.63, 3.8) is 0 Å². The van der Waals surface area contributed by atoms with Crippen molar-refractivity contribution in [3.8, 4) is 0 Å². The molecule has 3 rings (SSSR count). The van der Waals surface area contributed by atoms with Crippen molar-refractivity contribution >= 4 is 26.5 Å². The number of thiazole rings is 1. The molecule has 1 N–H and O–H groups in total. The van der Waals surface area contributed by atoms with E-state index in [1.807, 2.05) is 6.92 Å². The Hall–Kier alpha value is -1.65. The monoisotopic (exact) mass is 405 g/mol. The van der Waals surface area contributed by atoms with Crippen molar-refractivity contribution in [3.05, 3.63) is 40.9 Å². The summed E-state index contributed by atoms with van der Waals surface area (Å²) in [6.45, 7) is 2.51. The first kappa shape index (κ1) is 19.1. The van der Waals surface area contributed by atoms with Gasteiger partial charge in [-0.3, -0.25) is 0 Å². The van der Waals surface area contributed by atoms with Gasteiger partial charge in [-0.25, -0.2) is 13.4 Å². The van der Waals surface area contributed by atoms with Crippen LogP contribution in [0.5, 0.6) is 0 Å². The highest BCUT2D eigenvalue weighted by Gasteiger charge is 2.34. The van der Waals surface area contributed by atoms with Crippen LogP contribution in [0.15, 0.2) is 35.4 Å². The molecule has 10 heteroatoms. The summed E-state index contributed by atoms with van der Waals surface area (Å²) in [5.41, 5.74) is 0.980. The molecule has 1 fully saturated rings. The standard InChI is InChI=1S/C16H18F3N3O2S2/c1-11-2-4-13(5-3-11)26(23,24)22-8-6-12(7-9-22)21-15-20-10-14(25-15)16(17,18)19/h2-5,10,12H,6-9H2,1H3,(H,20,21). The zero-order valence-corrected chi connectivity index (χ0v) is 15.6. The third-order valence-corrected chi connectivity index (χ3v) is 7.11. The minimum absolute atomic E-state index is 0.105. The van der Waals surface area contributed by atoms with Crippen LogP contribution in [0.1, 0.15) is 23.3 Å². The Balaban J connectivity index is 1.60. The number of sulfonamides is 1. The highest BCUT2D eigenvalue weighted by atomic mass is 32.2. The van der Waals surface area contributed by atoms with Gasteiger partial charge in [-0.15, -0.1) is 0 Å². The molecule has 0 spiro atoms. The van der Waals surface area contributed by atoms with Crippen molar-refractivity contribution in [2.45, 2.75) is 36.9 Å². The van der Waals surface area contributed by atoms with E-state index in [9.17, 15) is 21.6 Å². The highest BCUT2D eigenvalue weighted by molar-refractivity contribution is 7.89. The van der Waals surface area contributed by atoms with Gasteiger partial charge >= 0.3 is 6.18 Å². The molecular weight excluding hydrogens is 387 g/mol. The smallest absolute Gasteiger partial charge is 0.359 e. The molecule has 2 aromatic rings. The summed E-state index contributed by atoms with van der Waals surface area (Å²) in [4.78, 5) is 3.26. The average Bonchev–Trinajstić information content (AvgIpc) is 3.05. The summed E-state index contributed by atoms with van der Waals surface area (Å²) >= 11 is 0.559.